The molecule has 2 aliphatic rings. The lowest BCUT2D eigenvalue weighted by molar-refractivity contribution is -0.0641. The molecule has 1 aromatic rings. The molecule has 28 heavy (non-hydrogen) atoms. The zero-order valence-electron chi connectivity index (χ0n) is 18.9. The second kappa shape index (κ2) is 7.64. The summed E-state index contributed by atoms with van der Waals surface area (Å²) in [5.74, 6) is 1.12. The maximum atomic E-state index is 10.5. The lowest BCUT2D eigenvalue weighted by Crippen LogP contribution is -2.48. The smallest absolute Gasteiger partial charge is 0.250 e. The Hall–Kier alpha value is -1.06. The van der Waals surface area contributed by atoms with Gasteiger partial charge in [-0.05, 0) is 61.2 Å². The number of rotatable bonds is 4. The monoisotopic (exact) mass is 400 g/mol. The van der Waals surface area contributed by atoms with E-state index in [0.29, 0.717) is 6.61 Å². The van der Waals surface area contributed by atoms with Gasteiger partial charge in [0, 0.05) is 17.6 Å². The van der Waals surface area contributed by atoms with Crippen LogP contribution in [0.1, 0.15) is 78.2 Å². The van der Waals surface area contributed by atoms with Crippen molar-refractivity contribution in [3.05, 3.63) is 41.5 Å². The van der Waals surface area contributed by atoms with Crippen molar-refractivity contribution in [2.75, 3.05) is 6.61 Å². The van der Waals surface area contributed by atoms with Crippen LogP contribution in [0.5, 0.6) is 0 Å². The van der Waals surface area contributed by atoms with Crippen molar-refractivity contribution in [2.45, 2.75) is 90.8 Å². The predicted molar refractivity (Wildman–Crippen MR) is 122 cm³/mol. The highest BCUT2D eigenvalue weighted by Crippen LogP contribution is 2.60. The summed E-state index contributed by atoms with van der Waals surface area (Å²) in [5.41, 5.74) is 2.93. The summed E-state index contributed by atoms with van der Waals surface area (Å²) in [6.45, 7) is 14.3. The lowest BCUT2D eigenvalue weighted by Gasteiger charge is -2.55. The normalized spacial score (nSPS) is 30.5. The number of aliphatic hydroxyl groups is 1. The maximum Gasteiger partial charge on any atom is 0.250 e. The van der Waals surface area contributed by atoms with Gasteiger partial charge in [0.05, 0.1) is 0 Å². The van der Waals surface area contributed by atoms with Gasteiger partial charge in [0.2, 0.25) is 0 Å². The first-order valence-electron chi connectivity index (χ1n) is 11.1. The highest BCUT2D eigenvalue weighted by atomic mass is 28.4. The Balaban J connectivity index is 2.06. The molecule has 0 heterocycles. The van der Waals surface area contributed by atoms with E-state index >= 15 is 0 Å². The standard InChI is InChI=1S/C25H40O2Si/c1-23(2,3)28(5,6)27-22(20-12-8-7-9-13-20)21-14-17-24(4)15-10-11-16-25(24,18-21)19-26/h7-9,12-13,26H,10-11,14-19H2,1-6H3/b22-21-/t24-,25-/m1/s1. The fourth-order valence-corrected chi connectivity index (χ4v) is 6.09. The van der Waals surface area contributed by atoms with Gasteiger partial charge in [-0.1, -0.05) is 70.9 Å². The Bertz CT molecular complexity index is 716. The van der Waals surface area contributed by atoms with Gasteiger partial charge in [0.15, 0.2) is 0 Å². The SMILES string of the molecule is CC(C)(C)[Si](C)(C)O/C(=C1/CC[C@@]2(C)CCCC[C@]2(CO)C1)c1ccccc1. The molecule has 0 aromatic heterocycles. The Morgan fingerprint density at radius 1 is 1.07 bits per heavy atom. The van der Waals surface area contributed by atoms with Crippen LogP contribution >= 0.6 is 0 Å². The second-order valence-corrected chi connectivity index (χ2v) is 15.8. The van der Waals surface area contributed by atoms with Crippen molar-refractivity contribution in [2.24, 2.45) is 10.8 Å². The third-order valence-corrected chi connectivity index (χ3v) is 12.6. The van der Waals surface area contributed by atoms with E-state index in [0.717, 1.165) is 25.0 Å². The molecule has 3 heteroatoms. The third-order valence-electron chi connectivity index (χ3n) is 8.27. The molecule has 156 valence electrons. The first-order valence-corrected chi connectivity index (χ1v) is 14.0. The Labute approximate surface area is 173 Å². The fraction of sp³-hybridized carbons (Fsp3) is 0.680. The molecule has 2 nitrogen and oxygen atoms in total. The summed E-state index contributed by atoms with van der Waals surface area (Å²) < 4.78 is 6.97. The van der Waals surface area contributed by atoms with Gasteiger partial charge < -0.3 is 9.53 Å². The summed E-state index contributed by atoms with van der Waals surface area (Å²) in [5, 5.41) is 10.7. The van der Waals surface area contributed by atoms with Gasteiger partial charge in [-0.15, -0.1) is 0 Å². The van der Waals surface area contributed by atoms with Gasteiger partial charge in [0.1, 0.15) is 5.76 Å². The zero-order chi connectivity index (χ0) is 20.6. The van der Waals surface area contributed by atoms with Crippen molar-refractivity contribution in [1.82, 2.24) is 0 Å². The Morgan fingerprint density at radius 3 is 2.32 bits per heavy atom. The fourth-order valence-electron chi connectivity index (χ4n) is 5.01. The minimum atomic E-state index is -1.95. The Morgan fingerprint density at radius 2 is 1.71 bits per heavy atom. The van der Waals surface area contributed by atoms with E-state index in [1.165, 1.54) is 36.8 Å². The average molecular weight is 401 g/mol. The number of allylic oxidation sites excluding steroid dienone is 1. The molecule has 2 saturated carbocycles. The van der Waals surface area contributed by atoms with E-state index in [1.54, 1.807) is 0 Å². The summed E-state index contributed by atoms with van der Waals surface area (Å²) in [6, 6.07) is 10.7. The summed E-state index contributed by atoms with van der Waals surface area (Å²) in [7, 11) is -1.95. The number of hydrogen-bond donors (Lipinski definition) is 1. The van der Waals surface area contributed by atoms with Crippen LogP contribution in [0.15, 0.2) is 35.9 Å². The van der Waals surface area contributed by atoms with E-state index < -0.39 is 8.32 Å². The summed E-state index contributed by atoms with van der Waals surface area (Å²) >= 11 is 0. The predicted octanol–water partition coefficient (Wildman–Crippen LogP) is 7.16. The molecular formula is C25H40O2Si. The van der Waals surface area contributed by atoms with Crippen LogP contribution in [0.25, 0.3) is 5.76 Å². The lowest BCUT2D eigenvalue weighted by atomic mass is 9.50. The van der Waals surface area contributed by atoms with Gasteiger partial charge in [0.25, 0.3) is 8.32 Å². The number of fused-ring (bicyclic) bond motifs is 1. The van der Waals surface area contributed by atoms with E-state index in [1.807, 2.05) is 0 Å². The second-order valence-electron chi connectivity index (χ2n) is 11.0. The average Bonchev–Trinajstić information content (AvgIpc) is 2.65. The van der Waals surface area contributed by atoms with E-state index in [-0.39, 0.29) is 15.9 Å². The van der Waals surface area contributed by atoms with E-state index in [4.69, 9.17) is 4.43 Å². The quantitative estimate of drug-likeness (QED) is 0.429. The Kier molecular flexibility index (Phi) is 5.91. The minimum absolute atomic E-state index is 0.0235. The van der Waals surface area contributed by atoms with Crippen molar-refractivity contribution in [1.29, 1.82) is 0 Å². The molecule has 0 saturated heterocycles. The van der Waals surface area contributed by atoms with E-state index in [2.05, 4.69) is 71.1 Å². The molecular weight excluding hydrogens is 360 g/mol. The first kappa shape index (κ1) is 21.6. The maximum absolute atomic E-state index is 10.5. The highest BCUT2D eigenvalue weighted by Gasteiger charge is 2.52. The van der Waals surface area contributed by atoms with Crippen molar-refractivity contribution in [3.8, 4) is 0 Å². The molecule has 0 spiro atoms. The molecule has 0 aliphatic heterocycles. The minimum Gasteiger partial charge on any atom is -0.543 e. The number of benzene rings is 1. The molecule has 2 aliphatic carbocycles. The van der Waals surface area contributed by atoms with Gasteiger partial charge in [-0.3, -0.25) is 0 Å². The molecule has 0 unspecified atom stereocenters. The van der Waals surface area contributed by atoms with Crippen molar-refractivity contribution < 1.29 is 9.53 Å². The van der Waals surface area contributed by atoms with Crippen LogP contribution in [-0.4, -0.2) is 20.0 Å². The van der Waals surface area contributed by atoms with Crippen molar-refractivity contribution >= 4 is 14.1 Å². The molecule has 3 rings (SSSR count). The van der Waals surface area contributed by atoms with Crippen LogP contribution in [0.4, 0.5) is 0 Å². The first-order chi connectivity index (χ1) is 13.0. The van der Waals surface area contributed by atoms with Crippen LogP contribution in [0.2, 0.25) is 18.1 Å². The van der Waals surface area contributed by atoms with Crippen LogP contribution in [-0.2, 0) is 4.43 Å². The topological polar surface area (TPSA) is 29.5 Å². The van der Waals surface area contributed by atoms with E-state index in [9.17, 15) is 5.11 Å². The summed E-state index contributed by atoms with van der Waals surface area (Å²) in [6.07, 6.45) is 8.20. The highest BCUT2D eigenvalue weighted by molar-refractivity contribution is 6.74. The van der Waals surface area contributed by atoms with Gasteiger partial charge in [-0.2, -0.15) is 0 Å². The number of hydrogen-bond acceptors (Lipinski definition) is 2. The molecule has 1 aromatic carbocycles. The third kappa shape index (κ3) is 3.85. The molecule has 1 N–H and O–H groups in total. The molecule has 2 atom stereocenters. The summed E-state index contributed by atoms with van der Waals surface area (Å²) in [4.78, 5) is 0. The number of aliphatic hydroxyl groups excluding tert-OH is 1. The molecule has 0 bridgehead atoms. The molecule has 2 fully saturated rings. The largest absolute Gasteiger partial charge is 0.543 e. The molecule has 0 amide bonds. The van der Waals surface area contributed by atoms with Gasteiger partial charge >= 0.3 is 0 Å². The van der Waals surface area contributed by atoms with Crippen molar-refractivity contribution in [3.63, 3.8) is 0 Å². The van der Waals surface area contributed by atoms with Crippen LogP contribution < -0.4 is 0 Å². The van der Waals surface area contributed by atoms with Gasteiger partial charge in [-0.25, -0.2) is 0 Å². The van der Waals surface area contributed by atoms with Crippen LogP contribution in [0, 0.1) is 10.8 Å². The molecule has 0 radical (unpaired) electrons. The van der Waals surface area contributed by atoms with Crippen LogP contribution in [0.3, 0.4) is 0 Å². The zero-order valence-corrected chi connectivity index (χ0v) is 19.9.